The third-order valence-corrected chi connectivity index (χ3v) is 5.10. The number of hydrogen-bond acceptors (Lipinski definition) is 2. The van der Waals surface area contributed by atoms with Crippen molar-refractivity contribution in [3.05, 3.63) is 50.1 Å². The molecule has 0 aliphatic rings. The Morgan fingerprint density at radius 1 is 1.20 bits per heavy atom. The highest BCUT2D eigenvalue weighted by molar-refractivity contribution is 9.10. The minimum Gasteiger partial charge on any atom is -0.487 e. The van der Waals surface area contributed by atoms with Crippen molar-refractivity contribution in [3.63, 3.8) is 0 Å². The SMILES string of the molecule is FC(F)(F)c1cc(CBr)ccc1OCc1sccc1Br. The first-order valence-electron chi connectivity index (χ1n) is 5.52. The second-order valence-corrected chi connectivity index (χ2v) is 6.36. The maximum atomic E-state index is 13.0. The molecule has 0 amide bonds. The van der Waals surface area contributed by atoms with Crippen LogP contribution < -0.4 is 4.74 Å². The first kappa shape index (κ1) is 15.9. The zero-order valence-electron chi connectivity index (χ0n) is 10.0. The minimum atomic E-state index is -4.43. The van der Waals surface area contributed by atoms with Crippen LogP contribution in [0.5, 0.6) is 5.75 Å². The number of rotatable bonds is 4. The van der Waals surface area contributed by atoms with Crippen molar-refractivity contribution in [2.24, 2.45) is 0 Å². The highest BCUT2D eigenvalue weighted by Gasteiger charge is 2.34. The van der Waals surface area contributed by atoms with Gasteiger partial charge in [-0.25, -0.2) is 0 Å². The third-order valence-electron chi connectivity index (χ3n) is 2.55. The molecule has 1 aromatic carbocycles. The van der Waals surface area contributed by atoms with Crippen LogP contribution in [-0.4, -0.2) is 0 Å². The van der Waals surface area contributed by atoms with Crippen molar-refractivity contribution < 1.29 is 17.9 Å². The molecule has 7 heteroatoms. The molecular weight excluding hydrogens is 421 g/mol. The Kier molecular flexibility index (Phi) is 5.14. The van der Waals surface area contributed by atoms with Crippen LogP contribution in [0.1, 0.15) is 16.0 Å². The molecule has 0 atom stereocenters. The third kappa shape index (κ3) is 3.77. The Morgan fingerprint density at radius 2 is 1.95 bits per heavy atom. The molecule has 0 radical (unpaired) electrons. The van der Waals surface area contributed by atoms with E-state index in [1.807, 2.05) is 11.4 Å². The molecule has 2 aromatic rings. The van der Waals surface area contributed by atoms with E-state index < -0.39 is 11.7 Å². The van der Waals surface area contributed by atoms with E-state index in [0.29, 0.717) is 10.9 Å². The van der Waals surface area contributed by atoms with Crippen LogP contribution in [-0.2, 0) is 18.1 Å². The summed E-state index contributed by atoms with van der Waals surface area (Å²) >= 11 is 7.90. The Balaban J connectivity index is 2.25. The van der Waals surface area contributed by atoms with Gasteiger partial charge in [0.25, 0.3) is 0 Å². The van der Waals surface area contributed by atoms with Crippen molar-refractivity contribution >= 4 is 43.2 Å². The zero-order chi connectivity index (χ0) is 14.8. The number of ether oxygens (including phenoxy) is 1. The van der Waals surface area contributed by atoms with Crippen LogP contribution in [0.2, 0.25) is 0 Å². The lowest BCUT2D eigenvalue weighted by molar-refractivity contribution is -0.139. The number of halogens is 5. The minimum absolute atomic E-state index is 0.106. The molecule has 0 N–H and O–H groups in total. The normalized spacial score (nSPS) is 11.7. The van der Waals surface area contributed by atoms with Gasteiger partial charge in [0.15, 0.2) is 0 Å². The topological polar surface area (TPSA) is 9.23 Å². The van der Waals surface area contributed by atoms with Gasteiger partial charge < -0.3 is 4.74 Å². The molecule has 0 unspecified atom stereocenters. The summed E-state index contributed by atoms with van der Waals surface area (Å²) in [7, 11) is 0. The average molecular weight is 430 g/mol. The smallest absolute Gasteiger partial charge is 0.419 e. The molecule has 0 spiro atoms. The lowest BCUT2D eigenvalue weighted by Gasteiger charge is -2.14. The highest BCUT2D eigenvalue weighted by atomic mass is 79.9. The van der Waals surface area contributed by atoms with E-state index in [9.17, 15) is 13.2 Å². The van der Waals surface area contributed by atoms with Crippen LogP contribution in [0.15, 0.2) is 34.1 Å². The predicted octanol–water partition coefficient (Wildman–Crippen LogP) is 6.00. The molecule has 108 valence electrons. The molecule has 0 saturated carbocycles. The Bertz CT molecular complexity index is 596. The van der Waals surface area contributed by atoms with Crippen LogP contribution in [0.3, 0.4) is 0 Å². The van der Waals surface area contributed by atoms with E-state index in [-0.39, 0.29) is 12.4 Å². The number of hydrogen-bond donors (Lipinski definition) is 0. The summed E-state index contributed by atoms with van der Waals surface area (Å²) in [4.78, 5) is 0.850. The van der Waals surface area contributed by atoms with Gasteiger partial charge >= 0.3 is 6.18 Å². The monoisotopic (exact) mass is 428 g/mol. The molecule has 0 bridgehead atoms. The van der Waals surface area contributed by atoms with Crippen LogP contribution in [0.4, 0.5) is 13.2 Å². The standard InChI is InChI=1S/C13H9Br2F3OS/c14-6-8-1-2-11(9(5-8)13(16,17)18)19-7-12-10(15)3-4-20-12/h1-5H,6-7H2. The lowest BCUT2D eigenvalue weighted by atomic mass is 10.1. The molecule has 2 rings (SSSR count). The van der Waals surface area contributed by atoms with Gasteiger partial charge in [-0.05, 0) is 45.1 Å². The van der Waals surface area contributed by atoms with Gasteiger partial charge in [-0.15, -0.1) is 11.3 Å². The van der Waals surface area contributed by atoms with Gasteiger partial charge in [-0.3, -0.25) is 0 Å². The molecule has 1 aromatic heterocycles. The molecule has 0 saturated heterocycles. The highest BCUT2D eigenvalue weighted by Crippen LogP contribution is 2.38. The summed E-state index contributed by atoms with van der Waals surface area (Å²) in [5, 5.41) is 2.22. The van der Waals surface area contributed by atoms with E-state index in [1.165, 1.54) is 17.4 Å². The fraction of sp³-hybridized carbons (Fsp3) is 0.231. The number of thiophene rings is 1. The zero-order valence-corrected chi connectivity index (χ0v) is 14.0. The summed E-state index contributed by atoms with van der Waals surface area (Å²) in [5.74, 6) is -0.150. The molecule has 0 aliphatic carbocycles. The Labute approximate surface area is 135 Å². The van der Waals surface area contributed by atoms with Crippen molar-refractivity contribution in [3.8, 4) is 5.75 Å². The first-order valence-corrected chi connectivity index (χ1v) is 8.32. The molecule has 0 fully saturated rings. The van der Waals surface area contributed by atoms with Crippen LogP contribution >= 0.6 is 43.2 Å². The quantitative estimate of drug-likeness (QED) is 0.541. The average Bonchev–Trinajstić information content (AvgIpc) is 2.80. The van der Waals surface area contributed by atoms with Gasteiger partial charge in [0.1, 0.15) is 12.4 Å². The second kappa shape index (κ2) is 6.49. The Hall–Kier alpha value is -0.530. The summed E-state index contributed by atoms with van der Waals surface area (Å²) < 4.78 is 45.2. The van der Waals surface area contributed by atoms with Gasteiger partial charge in [-0.2, -0.15) is 13.2 Å². The molecule has 1 nitrogen and oxygen atoms in total. The summed E-state index contributed by atoms with van der Waals surface area (Å²) in [6, 6.07) is 5.92. The summed E-state index contributed by atoms with van der Waals surface area (Å²) in [5.41, 5.74) is -0.191. The van der Waals surface area contributed by atoms with Crippen LogP contribution in [0, 0.1) is 0 Å². The maximum absolute atomic E-state index is 13.0. The fourth-order valence-electron chi connectivity index (χ4n) is 1.58. The first-order chi connectivity index (χ1) is 9.41. The largest absolute Gasteiger partial charge is 0.487 e. The van der Waals surface area contributed by atoms with Crippen molar-refractivity contribution in [2.45, 2.75) is 18.1 Å². The van der Waals surface area contributed by atoms with Gasteiger partial charge in [0.2, 0.25) is 0 Å². The van der Waals surface area contributed by atoms with Crippen LogP contribution in [0.25, 0.3) is 0 Å². The number of benzene rings is 1. The maximum Gasteiger partial charge on any atom is 0.419 e. The van der Waals surface area contributed by atoms with Crippen molar-refractivity contribution in [1.82, 2.24) is 0 Å². The van der Waals surface area contributed by atoms with Gasteiger partial charge in [-0.1, -0.05) is 22.0 Å². The van der Waals surface area contributed by atoms with Crippen molar-refractivity contribution in [1.29, 1.82) is 0 Å². The van der Waals surface area contributed by atoms with Gasteiger partial charge in [0.05, 0.1) is 10.4 Å². The van der Waals surface area contributed by atoms with E-state index in [0.717, 1.165) is 15.4 Å². The molecule has 1 heterocycles. The second-order valence-electron chi connectivity index (χ2n) is 3.94. The fourth-order valence-corrected chi connectivity index (χ4v) is 3.31. The van der Waals surface area contributed by atoms with Crippen molar-refractivity contribution in [2.75, 3.05) is 0 Å². The van der Waals surface area contributed by atoms with E-state index in [2.05, 4.69) is 31.9 Å². The van der Waals surface area contributed by atoms with E-state index in [1.54, 1.807) is 6.07 Å². The molecule has 20 heavy (non-hydrogen) atoms. The summed E-state index contributed by atoms with van der Waals surface area (Å²) in [6.45, 7) is 0.106. The van der Waals surface area contributed by atoms with E-state index >= 15 is 0 Å². The van der Waals surface area contributed by atoms with E-state index in [4.69, 9.17) is 4.74 Å². The summed E-state index contributed by atoms with van der Waals surface area (Å²) in [6.07, 6.45) is -4.43. The van der Waals surface area contributed by atoms with Gasteiger partial charge in [0, 0.05) is 9.80 Å². The molecule has 0 aliphatic heterocycles. The lowest BCUT2D eigenvalue weighted by Crippen LogP contribution is -2.09. The Morgan fingerprint density at radius 3 is 2.50 bits per heavy atom. The molecular formula is C13H9Br2F3OS. The number of alkyl halides is 4. The predicted molar refractivity (Wildman–Crippen MR) is 80.4 cm³/mol.